The van der Waals surface area contributed by atoms with E-state index in [1.165, 1.54) is 31.4 Å². The molecule has 1 heterocycles. The molecular weight excluding hydrogens is 212 g/mol. The van der Waals surface area contributed by atoms with Gasteiger partial charge in [0.2, 0.25) is 0 Å². The summed E-state index contributed by atoms with van der Waals surface area (Å²) < 4.78 is 5.11. The molecule has 0 saturated heterocycles. The summed E-state index contributed by atoms with van der Waals surface area (Å²) in [5, 5.41) is 3.54. The third-order valence-corrected chi connectivity index (χ3v) is 3.79. The smallest absolute Gasteiger partial charge is 0.0947 e. The van der Waals surface area contributed by atoms with Gasteiger partial charge in [-0.1, -0.05) is 6.92 Å². The molecule has 0 aromatic carbocycles. The summed E-state index contributed by atoms with van der Waals surface area (Å²) in [6, 6.07) is 2.80. The predicted octanol–water partition coefficient (Wildman–Crippen LogP) is 2.49. The van der Waals surface area contributed by atoms with Gasteiger partial charge in [-0.05, 0) is 51.4 Å². The van der Waals surface area contributed by atoms with Crippen molar-refractivity contribution in [3.05, 3.63) is 24.2 Å². The van der Waals surface area contributed by atoms with Crippen molar-refractivity contribution < 1.29 is 4.42 Å². The van der Waals surface area contributed by atoms with E-state index >= 15 is 0 Å². The molecule has 0 radical (unpaired) electrons. The molecule has 1 aromatic rings. The molecule has 3 nitrogen and oxygen atoms in total. The van der Waals surface area contributed by atoms with Crippen LogP contribution in [0.25, 0.3) is 0 Å². The quantitative estimate of drug-likeness (QED) is 0.737. The molecule has 1 aliphatic rings. The van der Waals surface area contributed by atoms with Crippen molar-refractivity contribution in [3.8, 4) is 0 Å². The fourth-order valence-corrected chi connectivity index (χ4v) is 2.62. The van der Waals surface area contributed by atoms with Gasteiger partial charge in [-0.3, -0.25) is 4.90 Å². The molecule has 2 atom stereocenters. The first kappa shape index (κ1) is 12.7. The highest BCUT2D eigenvalue weighted by Crippen LogP contribution is 2.31. The Hall–Kier alpha value is -0.800. The molecule has 3 heteroatoms. The van der Waals surface area contributed by atoms with Crippen molar-refractivity contribution in [1.29, 1.82) is 0 Å². The van der Waals surface area contributed by atoms with E-state index in [2.05, 4.69) is 30.3 Å². The molecular formula is C14H24N2O. The fraction of sp³-hybridized carbons (Fsp3) is 0.714. The van der Waals surface area contributed by atoms with Gasteiger partial charge < -0.3 is 9.73 Å². The summed E-state index contributed by atoms with van der Waals surface area (Å²) in [5.41, 5.74) is 1.28. The summed E-state index contributed by atoms with van der Waals surface area (Å²) in [5.74, 6) is 0.832. The molecule has 1 fully saturated rings. The van der Waals surface area contributed by atoms with Crippen molar-refractivity contribution >= 4 is 0 Å². The van der Waals surface area contributed by atoms with Crippen LogP contribution in [0.4, 0.5) is 0 Å². The Morgan fingerprint density at radius 2 is 2.35 bits per heavy atom. The molecule has 1 aliphatic carbocycles. The third-order valence-electron chi connectivity index (χ3n) is 3.79. The second-order valence-corrected chi connectivity index (χ2v) is 5.16. The lowest BCUT2D eigenvalue weighted by Crippen LogP contribution is -2.48. The van der Waals surface area contributed by atoms with Crippen molar-refractivity contribution in [2.45, 2.75) is 38.8 Å². The number of hydrogen-bond acceptors (Lipinski definition) is 3. The van der Waals surface area contributed by atoms with Crippen LogP contribution >= 0.6 is 0 Å². The van der Waals surface area contributed by atoms with Crippen molar-refractivity contribution in [2.75, 3.05) is 20.1 Å². The topological polar surface area (TPSA) is 28.4 Å². The Morgan fingerprint density at radius 3 is 2.94 bits per heavy atom. The first-order chi connectivity index (χ1) is 8.31. The number of furan rings is 1. The second-order valence-electron chi connectivity index (χ2n) is 5.16. The Morgan fingerprint density at radius 1 is 1.47 bits per heavy atom. The zero-order valence-corrected chi connectivity index (χ0v) is 11.0. The van der Waals surface area contributed by atoms with Crippen LogP contribution in [0.15, 0.2) is 23.0 Å². The molecule has 17 heavy (non-hydrogen) atoms. The Balaban J connectivity index is 1.73. The summed E-state index contributed by atoms with van der Waals surface area (Å²) in [6.07, 6.45) is 7.54. The molecule has 0 spiro atoms. The van der Waals surface area contributed by atoms with Gasteiger partial charge >= 0.3 is 0 Å². The summed E-state index contributed by atoms with van der Waals surface area (Å²) in [6.45, 7) is 5.55. The first-order valence-corrected chi connectivity index (χ1v) is 6.73. The minimum Gasteiger partial charge on any atom is -0.472 e. The minimum absolute atomic E-state index is 0.745. The van der Waals surface area contributed by atoms with Gasteiger partial charge in [0.15, 0.2) is 0 Å². The Labute approximate surface area is 104 Å². The number of nitrogens with zero attached hydrogens (tertiary/aromatic N) is 1. The Bertz CT molecular complexity index is 310. The molecule has 0 bridgehead atoms. The van der Waals surface area contributed by atoms with Crippen LogP contribution in [0, 0.1) is 5.92 Å². The maximum Gasteiger partial charge on any atom is 0.0947 e. The van der Waals surface area contributed by atoms with E-state index in [0.717, 1.165) is 25.0 Å². The highest BCUT2D eigenvalue weighted by Gasteiger charge is 2.33. The fourth-order valence-electron chi connectivity index (χ4n) is 2.62. The van der Waals surface area contributed by atoms with E-state index in [1.807, 2.05) is 6.26 Å². The van der Waals surface area contributed by atoms with E-state index in [-0.39, 0.29) is 0 Å². The molecule has 2 rings (SSSR count). The van der Waals surface area contributed by atoms with E-state index < -0.39 is 0 Å². The van der Waals surface area contributed by atoms with E-state index in [1.54, 1.807) is 6.26 Å². The van der Waals surface area contributed by atoms with Gasteiger partial charge in [-0.2, -0.15) is 0 Å². The van der Waals surface area contributed by atoms with Crippen LogP contribution in [0.1, 0.15) is 31.7 Å². The lowest BCUT2D eigenvalue weighted by Gasteiger charge is -2.43. The van der Waals surface area contributed by atoms with Gasteiger partial charge in [0.1, 0.15) is 0 Å². The lowest BCUT2D eigenvalue weighted by atomic mass is 9.78. The summed E-state index contributed by atoms with van der Waals surface area (Å²) in [4.78, 5) is 2.46. The second kappa shape index (κ2) is 6.22. The van der Waals surface area contributed by atoms with Crippen LogP contribution in [0.2, 0.25) is 0 Å². The standard InChI is InChI=1S/C14H24N2O/c1-3-7-15-9-13-4-5-14(13)16(2)10-12-6-8-17-11-12/h6,8,11,13-15H,3-5,7,9-10H2,1-2H3. The highest BCUT2D eigenvalue weighted by atomic mass is 16.3. The summed E-state index contributed by atoms with van der Waals surface area (Å²) >= 11 is 0. The van der Waals surface area contributed by atoms with E-state index in [4.69, 9.17) is 4.42 Å². The van der Waals surface area contributed by atoms with Crippen LogP contribution < -0.4 is 5.32 Å². The SMILES string of the molecule is CCCNCC1CCC1N(C)Cc1ccoc1. The number of nitrogens with one attached hydrogen (secondary N) is 1. The molecule has 1 saturated carbocycles. The third kappa shape index (κ3) is 3.33. The zero-order chi connectivity index (χ0) is 12.1. The largest absolute Gasteiger partial charge is 0.472 e. The Kier molecular flexibility index (Phi) is 4.63. The zero-order valence-electron chi connectivity index (χ0n) is 11.0. The van der Waals surface area contributed by atoms with Crippen molar-refractivity contribution in [3.63, 3.8) is 0 Å². The molecule has 2 unspecified atom stereocenters. The van der Waals surface area contributed by atoms with Crippen LogP contribution in [0.5, 0.6) is 0 Å². The highest BCUT2D eigenvalue weighted by molar-refractivity contribution is 5.05. The van der Waals surface area contributed by atoms with E-state index in [9.17, 15) is 0 Å². The van der Waals surface area contributed by atoms with Crippen LogP contribution in [-0.4, -0.2) is 31.1 Å². The van der Waals surface area contributed by atoms with E-state index in [0.29, 0.717) is 0 Å². The molecule has 96 valence electrons. The normalized spacial score (nSPS) is 23.9. The predicted molar refractivity (Wildman–Crippen MR) is 69.8 cm³/mol. The minimum atomic E-state index is 0.745. The van der Waals surface area contributed by atoms with Crippen LogP contribution in [-0.2, 0) is 6.54 Å². The van der Waals surface area contributed by atoms with Gasteiger partial charge in [0, 0.05) is 18.2 Å². The number of hydrogen-bond donors (Lipinski definition) is 1. The lowest BCUT2D eigenvalue weighted by molar-refractivity contribution is 0.0780. The molecule has 1 aromatic heterocycles. The van der Waals surface area contributed by atoms with Crippen LogP contribution in [0.3, 0.4) is 0 Å². The monoisotopic (exact) mass is 236 g/mol. The molecule has 0 aliphatic heterocycles. The van der Waals surface area contributed by atoms with Gasteiger partial charge in [0.05, 0.1) is 12.5 Å². The maximum atomic E-state index is 5.11. The number of rotatable bonds is 7. The van der Waals surface area contributed by atoms with Crippen molar-refractivity contribution in [1.82, 2.24) is 10.2 Å². The van der Waals surface area contributed by atoms with Gasteiger partial charge in [0.25, 0.3) is 0 Å². The molecule has 1 N–H and O–H groups in total. The first-order valence-electron chi connectivity index (χ1n) is 6.73. The summed E-state index contributed by atoms with van der Waals surface area (Å²) in [7, 11) is 2.23. The molecule has 0 amide bonds. The van der Waals surface area contributed by atoms with Crippen molar-refractivity contribution in [2.24, 2.45) is 5.92 Å². The maximum absolute atomic E-state index is 5.11. The average molecular weight is 236 g/mol. The van der Waals surface area contributed by atoms with Gasteiger partial charge in [-0.15, -0.1) is 0 Å². The van der Waals surface area contributed by atoms with Gasteiger partial charge in [-0.25, -0.2) is 0 Å². The average Bonchev–Trinajstić information content (AvgIpc) is 2.75.